The smallest absolute Gasteiger partial charge is 0.222 e. The summed E-state index contributed by atoms with van der Waals surface area (Å²) in [5, 5.41) is 0. The van der Waals surface area contributed by atoms with Gasteiger partial charge >= 0.3 is 0 Å². The lowest BCUT2D eigenvalue weighted by Crippen LogP contribution is -2.39. The normalized spacial score (nSPS) is 19.4. The van der Waals surface area contributed by atoms with E-state index in [4.69, 9.17) is 5.73 Å². The summed E-state index contributed by atoms with van der Waals surface area (Å²) in [4.78, 5) is 9.59. The van der Waals surface area contributed by atoms with Crippen LogP contribution in [0.15, 0.2) is 6.20 Å². The summed E-state index contributed by atoms with van der Waals surface area (Å²) in [6, 6.07) is 0. The summed E-state index contributed by atoms with van der Waals surface area (Å²) in [6.45, 7) is 6.16. The van der Waals surface area contributed by atoms with Gasteiger partial charge in [0, 0.05) is 13.1 Å². The Bertz CT molecular complexity index is 399. The second-order valence-corrected chi connectivity index (χ2v) is 5.05. The first kappa shape index (κ1) is 12.1. The van der Waals surface area contributed by atoms with Gasteiger partial charge in [-0.1, -0.05) is 20.3 Å². The molecular weight excluding hydrogens is 219 g/mol. The molecule has 1 aliphatic heterocycles. The van der Waals surface area contributed by atoms with Crippen LogP contribution >= 0.6 is 0 Å². The Morgan fingerprint density at radius 2 is 2.12 bits per heavy atom. The average Bonchev–Trinajstić information content (AvgIpc) is 2.34. The molecule has 0 spiro atoms. The van der Waals surface area contributed by atoms with Gasteiger partial charge in [-0.3, -0.25) is 0 Å². The highest BCUT2D eigenvalue weighted by molar-refractivity contribution is 5.42. The lowest BCUT2D eigenvalue weighted by Gasteiger charge is -2.39. The largest absolute Gasteiger partial charge is 0.368 e. The van der Waals surface area contributed by atoms with Gasteiger partial charge in [0.05, 0.1) is 6.20 Å². The predicted octanol–water partition coefficient (Wildman–Crippen LogP) is 2.21. The van der Waals surface area contributed by atoms with Crippen LogP contribution in [0.2, 0.25) is 0 Å². The molecule has 0 unspecified atom stereocenters. The van der Waals surface area contributed by atoms with Gasteiger partial charge in [0.15, 0.2) is 11.6 Å². The van der Waals surface area contributed by atoms with Gasteiger partial charge in [-0.15, -0.1) is 0 Å². The van der Waals surface area contributed by atoms with Crippen molar-refractivity contribution in [3.8, 4) is 0 Å². The van der Waals surface area contributed by atoms with Crippen LogP contribution in [0.4, 0.5) is 16.2 Å². The summed E-state index contributed by atoms with van der Waals surface area (Å²) in [7, 11) is 0. The Balaban J connectivity index is 2.13. The van der Waals surface area contributed by atoms with Gasteiger partial charge in [-0.25, -0.2) is 9.37 Å². The first-order valence-corrected chi connectivity index (χ1v) is 6.07. The Kier molecular flexibility index (Phi) is 3.17. The van der Waals surface area contributed by atoms with Gasteiger partial charge in [-0.05, 0) is 18.3 Å². The molecule has 0 aromatic carbocycles. The first-order valence-electron chi connectivity index (χ1n) is 6.07. The fraction of sp³-hybridized carbons (Fsp3) is 0.667. The topological polar surface area (TPSA) is 55.0 Å². The first-order chi connectivity index (χ1) is 8.04. The van der Waals surface area contributed by atoms with Crippen molar-refractivity contribution in [2.45, 2.75) is 33.1 Å². The van der Waals surface area contributed by atoms with Crippen LogP contribution in [0, 0.1) is 11.2 Å². The molecule has 1 aromatic rings. The summed E-state index contributed by atoms with van der Waals surface area (Å²) in [5.41, 5.74) is 5.88. The van der Waals surface area contributed by atoms with E-state index in [0.717, 1.165) is 38.5 Å². The standard InChI is InChI=1S/C12H19FN4/c1-3-12(2)4-6-17(7-5-12)10-9(13)8-15-11(14)16-10/h8H,3-7H2,1-2H3,(H2,14,15,16). The molecule has 0 aliphatic carbocycles. The highest BCUT2D eigenvalue weighted by atomic mass is 19.1. The number of hydrogen-bond donors (Lipinski definition) is 1. The van der Waals surface area contributed by atoms with Crippen LogP contribution in [0.5, 0.6) is 0 Å². The van der Waals surface area contributed by atoms with Gasteiger partial charge in [0.2, 0.25) is 5.95 Å². The minimum absolute atomic E-state index is 0.130. The van der Waals surface area contributed by atoms with Crippen LogP contribution in [0.1, 0.15) is 33.1 Å². The molecule has 4 nitrogen and oxygen atoms in total. The maximum Gasteiger partial charge on any atom is 0.222 e. The van der Waals surface area contributed by atoms with E-state index in [1.165, 1.54) is 0 Å². The second kappa shape index (κ2) is 4.47. The SMILES string of the molecule is CCC1(C)CCN(c2nc(N)ncc2F)CC1. The van der Waals surface area contributed by atoms with Gasteiger partial charge < -0.3 is 10.6 Å². The quantitative estimate of drug-likeness (QED) is 0.858. The Hall–Kier alpha value is -1.39. The molecule has 0 amide bonds. The molecule has 17 heavy (non-hydrogen) atoms. The van der Waals surface area contributed by atoms with E-state index in [9.17, 15) is 4.39 Å². The van der Waals surface area contributed by atoms with Crippen molar-refractivity contribution in [2.24, 2.45) is 5.41 Å². The van der Waals surface area contributed by atoms with E-state index in [1.54, 1.807) is 0 Å². The van der Waals surface area contributed by atoms with Crippen LogP contribution in [-0.4, -0.2) is 23.1 Å². The van der Waals surface area contributed by atoms with Crippen molar-refractivity contribution in [3.63, 3.8) is 0 Å². The van der Waals surface area contributed by atoms with E-state index in [-0.39, 0.29) is 11.8 Å². The van der Waals surface area contributed by atoms with Crippen LogP contribution < -0.4 is 10.6 Å². The molecular formula is C12H19FN4. The Morgan fingerprint density at radius 3 is 2.71 bits per heavy atom. The number of aromatic nitrogens is 2. The minimum atomic E-state index is -0.390. The highest BCUT2D eigenvalue weighted by Gasteiger charge is 2.29. The third kappa shape index (κ3) is 2.48. The Labute approximate surface area is 101 Å². The number of halogens is 1. The van der Waals surface area contributed by atoms with Gasteiger partial charge in [0.1, 0.15) is 0 Å². The van der Waals surface area contributed by atoms with E-state index in [1.807, 2.05) is 4.90 Å². The highest BCUT2D eigenvalue weighted by Crippen LogP contribution is 2.35. The molecule has 1 fully saturated rings. The third-order valence-electron chi connectivity index (χ3n) is 3.87. The monoisotopic (exact) mass is 238 g/mol. The van der Waals surface area contributed by atoms with Gasteiger partial charge in [-0.2, -0.15) is 4.98 Å². The maximum atomic E-state index is 13.6. The fourth-order valence-electron chi connectivity index (χ4n) is 2.20. The molecule has 1 saturated heterocycles. The van der Waals surface area contributed by atoms with E-state index >= 15 is 0 Å². The molecule has 0 bridgehead atoms. The summed E-state index contributed by atoms with van der Waals surface area (Å²) in [6.07, 6.45) is 4.43. The number of nitrogens with zero attached hydrogens (tertiary/aromatic N) is 3. The molecule has 2 N–H and O–H groups in total. The van der Waals surface area contributed by atoms with Crippen LogP contribution in [0.25, 0.3) is 0 Å². The van der Waals surface area contributed by atoms with Crippen molar-refractivity contribution in [2.75, 3.05) is 23.7 Å². The van der Waals surface area contributed by atoms with Crippen molar-refractivity contribution >= 4 is 11.8 Å². The zero-order valence-electron chi connectivity index (χ0n) is 10.4. The van der Waals surface area contributed by atoms with Crippen LogP contribution in [-0.2, 0) is 0 Å². The molecule has 94 valence electrons. The number of hydrogen-bond acceptors (Lipinski definition) is 4. The molecule has 1 aromatic heterocycles. The summed E-state index contributed by atoms with van der Waals surface area (Å²) >= 11 is 0. The second-order valence-electron chi connectivity index (χ2n) is 5.05. The summed E-state index contributed by atoms with van der Waals surface area (Å²) in [5.74, 6) is 0.0835. The number of nitrogens with two attached hydrogens (primary N) is 1. The molecule has 2 heterocycles. The van der Waals surface area contributed by atoms with Crippen molar-refractivity contribution in [1.29, 1.82) is 0 Å². The molecule has 5 heteroatoms. The maximum absolute atomic E-state index is 13.6. The van der Waals surface area contributed by atoms with Crippen LogP contribution in [0.3, 0.4) is 0 Å². The molecule has 0 atom stereocenters. The predicted molar refractivity (Wildman–Crippen MR) is 66.2 cm³/mol. The van der Waals surface area contributed by atoms with E-state index < -0.39 is 0 Å². The number of rotatable bonds is 2. The molecule has 0 radical (unpaired) electrons. The fourth-order valence-corrected chi connectivity index (χ4v) is 2.20. The Morgan fingerprint density at radius 1 is 1.47 bits per heavy atom. The summed E-state index contributed by atoms with van der Waals surface area (Å²) < 4.78 is 13.6. The van der Waals surface area contributed by atoms with Crippen molar-refractivity contribution in [3.05, 3.63) is 12.0 Å². The molecule has 0 saturated carbocycles. The minimum Gasteiger partial charge on any atom is -0.368 e. The van der Waals surface area contributed by atoms with E-state index in [2.05, 4.69) is 23.8 Å². The number of piperidine rings is 1. The van der Waals surface area contributed by atoms with Gasteiger partial charge in [0.25, 0.3) is 0 Å². The van der Waals surface area contributed by atoms with Crippen molar-refractivity contribution in [1.82, 2.24) is 9.97 Å². The average molecular weight is 238 g/mol. The lowest BCUT2D eigenvalue weighted by atomic mass is 9.78. The molecule has 1 aliphatic rings. The number of anilines is 2. The molecule has 2 rings (SSSR count). The van der Waals surface area contributed by atoms with Crippen molar-refractivity contribution < 1.29 is 4.39 Å². The van der Waals surface area contributed by atoms with E-state index in [0.29, 0.717) is 11.2 Å². The lowest BCUT2D eigenvalue weighted by molar-refractivity contribution is 0.237. The zero-order chi connectivity index (χ0) is 12.5. The zero-order valence-corrected chi connectivity index (χ0v) is 10.4. The third-order valence-corrected chi connectivity index (χ3v) is 3.87. The number of nitrogen functional groups attached to an aromatic ring is 1.